The predicted octanol–water partition coefficient (Wildman–Crippen LogP) is 2.32. The van der Waals surface area contributed by atoms with Gasteiger partial charge in [0.25, 0.3) is 0 Å². The minimum atomic E-state index is 0.152. The van der Waals surface area contributed by atoms with Crippen molar-refractivity contribution in [2.45, 2.75) is 26.2 Å². The summed E-state index contributed by atoms with van der Waals surface area (Å²) in [4.78, 5) is 14.0. The monoisotopic (exact) mass is 260 g/mol. The molecule has 4 heteroatoms. The molecule has 1 aromatic carbocycles. The van der Waals surface area contributed by atoms with Crippen LogP contribution in [-0.4, -0.2) is 34.8 Å². The fourth-order valence-corrected chi connectivity index (χ4v) is 2.45. The third-order valence-electron chi connectivity index (χ3n) is 3.65. The lowest BCUT2D eigenvalue weighted by Crippen LogP contribution is -2.43. The molecule has 0 aliphatic carbocycles. The summed E-state index contributed by atoms with van der Waals surface area (Å²) in [5, 5.41) is 12.1. The zero-order valence-electron chi connectivity index (χ0n) is 11.2. The van der Waals surface area contributed by atoms with Crippen molar-refractivity contribution in [1.82, 2.24) is 4.90 Å². The van der Waals surface area contributed by atoms with E-state index in [1.165, 1.54) is 5.56 Å². The van der Waals surface area contributed by atoms with Crippen LogP contribution in [0.1, 0.15) is 25.3 Å². The first-order chi connectivity index (χ1) is 9.20. The fourth-order valence-electron chi connectivity index (χ4n) is 2.45. The Morgan fingerprint density at radius 2 is 2.16 bits per heavy atom. The van der Waals surface area contributed by atoms with Gasteiger partial charge in [0.05, 0.1) is 5.71 Å². The molecule has 0 spiro atoms. The van der Waals surface area contributed by atoms with Gasteiger partial charge in [0, 0.05) is 31.8 Å². The van der Waals surface area contributed by atoms with Crippen LogP contribution in [0.25, 0.3) is 0 Å². The van der Waals surface area contributed by atoms with Crippen molar-refractivity contribution >= 4 is 11.6 Å². The molecule has 0 radical (unpaired) electrons. The second-order valence-corrected chi connectivity index (χ2v) is 5.07. The van der Waals surface area contributed by atoms with E-state index >= 15 is 0 Å². The Labute approximate surface area is 113 Å². The molecule has 1 unspecified atom stereocenters. The minimum absolute atomic E-state index is 0.152. The maximum Gasteiger partial charge on any atom is 0.222 e. The molecule has 1 N–H and O–H groups in total. The van der Waals surface area contributed by atoms with E-state index in [1.54, 1.807) is 0 Å². The first-order valence-electron chi connectivity index (χ1n) is 6.73. The van der Waals surface area contributed by atoms with Gasteiger partial charge >= 0.3 is 0 Å². The molecule has 0 saturated carbocycles. The number of carbonyl (C=O) groups is 1. The Kier molecular flexibility index (Phi) is 4.55. The van der Waals surface area contributed by atoms with Gasteiger partial charge in [-0.2, -0.15) is 0 Å². The van der Waals surface area contributed by atoms with Gasteiger partial charge in [-0.1, -0.05) is 42.4 Å². The summed E-state index contributed by atoms with van der Waals surface area (Å²) in [7, 11) is 0. The Morgan fingerprint density at radius 1 is 1.42 bits per heavy atom. The number of hydrogen-bond acceptors (Lipinski definition) is 3. The molecule has 1 atom stereocenters. The first-order valence-corrected chi connectivity index (χ1v) is 6.73. The third-order valence-corrected chi connectivity index (χ3v) is 3.65. The smallest absolute Gasteiger partial charge is 0.222 e. The summed E-state index contributed by atoms with van der Waals surface area (Å²) in [6, 6.07) is 10.1. The van der Waals surface area contributed by atoms with Crippen LogP contribution in [0.4, 0.5) is 0 Å². The van der Waals surface area contributed by atoms with Crippen LogP contribution in [0.15, 0.2) is 35.5 Å². The molecule has 2 rings (SSSR count). The van der Waals surface area contributed by atoms with E-state index in [2.05, 4.69) is 5.16 Å². The SMILES string of the molecule is CC1CN(C(=O)CCc2ccccc2)CC/C1=N\O. The highest BCUT2D eigenvalue weighted by Gasteiger charge is 2.25. The van der Waals surface area contributed by atoms with Crippen LogP contribution in [0.3, 0.4) is 0 Å². The van der Waals surface area contributed by atoms with Crippen LogP contribution in [0, 0.1) is 5.92 Å². The second kappa shape index (κ2) is 6.36. The van der Waals surface area contributed by atoms with Crippen LogP contribution in [0.5, 0.6) is 0 Å². The number of amides is 1. The van der Waals surface area contributed by atoms with Gasteiger partial charge in [-0.15, -0.1) is 0 Å². The standard InChI is InChI=1S/C15H20N2O2/c1-12-11-17(10-9-14(12)16-19)15(18)8-7-13-5-3-2-4-6-13/h2-6,12,19H,7-11H2,1H3/b16-14+. The van der Waals surface area contributed by atoms with Crippen LogP contribution in [0.2, 0.25) is 0 Å². The van der Waals surface area contributed by atoms with Gasteiger partial charge in [0.2, 0.25) is 5.91 Å². The first kappa shape index (κ1) is 13.6. The number of hydrogen-bond donors (Lipinski definition) is 1. The molecule has 0 aromatic heterocycles. The Balaban J connectivity index is 1.84. The number of likely N-dealkylation sites (tertiary alicyclic amines) is 1. The summed E-state index contributed by atoms with van der Waals surface area (Å²) in [5.41, 5.74) is 1.99. The number of benzene rings is 1. The van der Waals surface area contributed by atoms with E-state index in [1.807, 2.05) is 42.2 Å². The largest absolute Gasteiger partial charge is 0.411 e. The minimum Gasteiger partial charge on any atom is -0.411 e. The van der Waals surface area contributed by atoms with Crippen molar-refractivity contribution < 1.29 is 10.0 Å². The summed E-state index contributed by atoms with van der Waals surface area (Å²) >= 11 is 0. The highest BCUT2D eigenvalue weighted by Crippen LogP contribution is 2.15. The molecule has 4 nitrogen and oxygen atoms in total. The molecule has 1 aliphatic heterocycles. The van der Waals surface area contributed by atoms with E-state index < -0.39 is 0 Å². The van der Waals surface area contributed by atoms with E-state index in [-0.39, 0.29) is 11.8 Å². The number of nitrogens with zero attached hydrogens (tertiary/aromatic N) is 2. The maximum atomic E-state index is 12.1. The second-order valence-electron chi connectivity index (χ2n) is 5.07. The molecular formula is C15H20N2O2. The van der Waals surface area contributed by atoms with Gasteiger partial charge < -0.3 is 10.1 Å². The van der Waals surface area contributed by atoms with Gasteiger partial charge in [-0.05, 0) is 12.0 Å². The van der Waals surface area contributed by atoms with Gasteiger partial charge in [0.1, 0.15) is 0 Å². The van der Waals surface area contributed by atoms with Gasteiger partial charge in [-0.25, -0.2) is 0 Å². The number of piperidine rings is 1. The Hall–Kier alpha value is -1.84. The molecule has 1 heterocycles. The number of aryl methyl sites for hydroxylation is 1. The third kappa shape index (κ3) is 3.56. The van der Waals surface area contributed by atoms with Crippen molar-refractivity contribution in [3.05, 3.63) is 35.9 Å². The lowest BCUT2D eigenvalue weighted by molar-refractivity contribution is -0.131. The van der Waals surface area contributed by atoms with Crippen molar-refractivity contribution in [2.75, 3.05) is 13.1 Å². The average Bonchev–Trinajstić information content (AvgIpc) is 2.45. The van der Waals surface area contributed by atoms with Crippen LogP contribution in [-0.2, 0) is 11.2 Å². The van der Waals surface area contributed by atoms with Crippen LogP contribution < -0.4 is 0 Å². The summed E-state index contributed by atoms with van der Waals surface area (Å²) in [6.45, 7) is 3.32. The van der Waals surface area contributed by atoms with Crippen molar-refractivity contribution in [3.63, 3.8) is 0 Å². The van der Waals surface area contributed by atoms with Crippen molar-refractivity contribution in [3.8, 4) is 0 Å². The normalized spacial score (nSPS) is 21.6. The lowest BCUT2D eigenvalue weighted by atomic mass is 9.97. The van der Waals surface area contributed by atoms with Crippen molar-refractivity contribution in [2.24, 2.45) is 11.1 Å². The molecule has 19 heavy (non-hydrogen) atoms. The molecule has 0 bridgehead atoms. The Bertz CT molecular complexity index is 456. The number of carbonyl (C=O) groups excluding carboxylic acids is 1. The highest BCUT2D eigenvalue weighted by atomic mass is 16.4. The van der Waals surface area contributed by atoms with E-state index in [0.29, 0.717) is 25.9 Å². The average molecular weight is 260 g/mol. The quantitative estimate of drug-likeness (QED) is 0.670. The number of oxime groups is 1. The molecule has 1 amide bonds. The summed E-state index contributed by atoms with van der Waals surface area (Å²) in [5.74, 6) is 0.340. The molecule has 1 saturated heterocycles. The fraction of sp³-hybridized carbons (Fsp3) is 0.467. The van der Waals surface area contributed by atoms with E-state index in [0.717, 1.165) is 12.1 Å². The Morgan fingerprint density at radius 3 is 2.79 bits per heavy atom. The van der Waals surface area contributed by atoms with Crippen molar-refractivity contribution in [1.29, 1.82) is 0 Å². The highest BCUT2D eigenvalue weighted by molar-refractivity contribution is 5.89. The maximum absolute atomic E-state index is 12.1. The molecule has 1 aromatic rings. The van der Waals surface area contributed by atoms with Crippen LogP contribution >= 0.6 is 0 Å². The zero-order chi connectivity index (χ0) is 13.7. The molecule has 1 aliphatic rings. The van der Waals surface area contributed by atoms with E-state index in [9.17, 15) is 4.79 Å². The predicted molar refractivity (Wildman–Crippen MR) is 74.3 cm³/mol. The molecular weight excluding hydrogens is 240 g/mol. The summed E-state index contributed by atoms with van der Waals surface area (Å²) < 4.78 is 0. The lowest BCUT2D eigenvalue weighted by Gasteiger charge is -2.31. The number of rotatable bonds is 3. The molecule has 102 valence electrons. The topological polar surface area (TPSA) is 52.9 Å². The van der Waals surface area contributed by atoms with E-state index in [4.69, 9.17) is 5.21 Å². The van der Waals surface area contributed by atoms with Gasteiger partial charge in [0.15, 0.2) is 0 Å². The van der Waals surface area contributed by atoms with Gasteiger partial charge in [-0.3, -0.25) is 4.79 Å². The summed E-state index contributed by atoms with van der Waals surface area (Å²) in [6.07, 6.45) is 2.00. The zero-order valence-corrected chi connectivity index (χ0v) is 11.2. The molecule has 1 fully saturated rings.